The molecule has 3 aromatic rings. The number of aromatic nitrogens is 1. The molecule has 5 rings (SSSR count). The standard InChI is InChI=1S/C31H38N2/c1-21-18-30(25-12-15-28(16-13-25)33-27-10-6-7-11-27)22(2)23(3)31(21)26-14-17-29(32-20-26)19-24-8-4-5-9-24/h12-18,20,24,27,33H,4-11,19H2,1-3H3. The molecule has 1 N–H and O–H groups in total. The summed E-state index contributed by atoms with van der Waals surface area (Å²) in [5, 5.41) is 3.71. The van der Waals surface area contributed by atoms with Gasteiger partial charge < -0.3 is 5.32 Å². The van der Waals surface area contributed by atoms with E-state index in [0.29, 0.717) is 6.04 Å². The second kappa shape index (κ2) is 9.71. The zero-order chi connectivity index (χ0) is 22.8. The summed E-state index contributed by atoms with van der Waals surface area (Å²) in [6.45, 7) is 6.78. The van der Waals surface area contributed by atoms with E-state index in [-0.39, 0.29) is 0 Å². The van der Waals surface area contributed by atoms with Crippen molar-refractivity contribution in [2.75, 3.05) is 5.32 Å². The SMILES string of the molecule is Cc1cc(-c2ccc(NC3CCCC3)cc2)c(C)c(C)c1-c1ccc(CC2CCCC2)nc1. The van der Waals surface area contributed by atoms with Crippen LogP contribution < -0.4 is 5.32 Å². The molecule has 1 aromatic heterocycles. The Bertz CT molecular complexity index is 1080. The van der Waals surface area contributed by atoms with Crippen molar-refractivity contribution in [1.29, 1.82) is 0 Å². The van der Waals surface area contributed by atoms with Crippen molar-refractivity contribution in [2.24, 2.45) is 5.92 Å². The lowest BCUT2D eigenvalue weighted by Gasteiger charge is -2.18. The summed E-state index contributed by atoms with van der Waals surface area (Å²) in [6.07, 6.45) is 14.1. The van der Waals surface area contributed by atoms with E-state index in [9.17, 15) is 0 Å². The second-order valence-electron chi connectivity index (χ2n) is 10.5. The first-order chi connectivity index (χ1) is 16.1. The predicted octanol–water partition coefficient (Wildman–Crippen LogP) is 8.43. The molecule has 2 fully saturated rings. The molecule has 2 saturated carbocycles. The highest BCUT2D eigenvalue weighted by Gasteiger charge is 2.18. The Balaban J connectivity index is 1.37. The lowest BCUT2D eigenvalue weighted by molar-refractivity contribution is 0.539. The van der Waals surface area contributed by atoms with Crippen molar-refractivity contribution < 1.29 is 0 Å². The van der Waals surface area contributed by atoms with Gasteiger partial charge in [-0.2, -0.15) is 0 Å². The van der Waals surface area contributed by atoms with Crippen LogP contribution >= 0.6 is 0 Å². The Labute approximate surface area is 199 Å². The zero-order valence-electron chi connectivity index (χ0n) is 20.6. The first-order valence-electron chi connectivity index (χ1n) is 13.0. The zero-order valence-corrected chi connectivity index (χ0v) is 20.6. The Morgan fingerprint density at radius 3 is 2.12 bits per heavy atom. The van der Waals surface area contributed by atoms with E-state index in [1.807, 2.05) is 0 Å². The summed E-state index contributed by atoms with van der Waals surface area (Å²) in [5.41, 5.74) is 11.8. The molecule has 0 atom stereocenters. The minimum absolute atomic E-state index is 0.652. The van der Waals surface area contributed by atoms with Crippen molar-refractivity contribution in [1.82, 2.24) is 4.98 Å². The second-order valence-corrected chi connectivity index (χ2v) is 10.5. The van der Waals surface area contributed by atoms with Gasteiger partial charge in [-0.05, 0) is 97.5 Å². The number of hydrogen-bond donors (Lipinski definition) is 1. The fraction of sp³-hybridized carbons (Fsp3) is 0.452. The van der Waals surface area contributed by atoms with Crippen LogP contribution in [-0.2, 0) is 6.42 Å². The lowest BCUT2D eigenvalue weighted by atomic mass is 9.87. The molecule has 0 radical (unpaired) electrons. The number of rotatable bonds is 6. The monoisotopic (exact) mass is 438 g/mol. The normalized spacial score (nSPS) is 17.1. The van der Waals surface area contributed by atoms with E-state index in [4.69, 9.17) is 4.98 Å². The number of nitrogens with one attached hydrogen (secondary N) is 1. The van der Waals surface area contributed by atoms with E-state index < -0.39 is 0 Å². The van der Waals surface area contributed by atoms with E-state index >= 15 is 0 Å². The Morgan fingerprint density at radius 1 is 0.788 bits per heavy atom. The van der Waals surface area contributed by atoms with Crippen LogP contribution in [0.1, 0.15) is 73.8 Å². The summed E-state index contributed by atoms with van der Waals surface area (Å²) in [7, 11) is 0. The maximum absolute atomic E-state index is 4.86. The van der Waals surface area contributed by atoms with Crippen LogP contribution in [0.15, 0.2) is 48.7 Å². The van der Waals surface area contributed by atoms with Crippen molar-refractivity contribution in [2.45, 2.75) is 84.6 Å². The van der Waals surface area contributed by atoms with Crippen LogP contribution in [0.4, 0.5) is 5.69 Å². The molecule has 33 heavy (non-hydrogen) atoms. The highest BCUT2D eigenvalue weighted by Crippen LogP contribution is 2.36. The smallest absolute Gasteiger partial charge is 0.0406 e. The number of nitrogens with zero attached hydrogens (tertiary/aromatic N) is 1. The third-order valence-electron chi connectivity index (χ3n) is 8.10. The third-order valence-corrected chi connectivity index (χ3v) is 8.10. The number of pyridine rings is 1. The lowest BCUT2D eigenvalue weighted by Crippen LogP contribution is -2.14. The highest BCUT2D eigenvalue weighted by molar-refractivity contribution is 5.80. The molecule has 2 aromatic carbocycles. The molecule has 1 heterocycles. The van der Waals surface area contributed by atoms with Gasteiger partial charge in [0, 0.05) is 29.2 Å². The fourth-order valence-corrected chi connectivity index (χ4v) is 6.08. The van der Waals surface area contributed by atoms with Gasteiger partial charge in [-0.25, -0.2) is 0 Å². The van der Waals surface area contributed by atoms with Crippen molar-refractivity contribution in [3.63, 3.8) is 0 Å². The predicted molar refractivity (Wildman–Crippen MR) is 141 cm³/mol. The molecular weight excluding hydrogens is 400 g/mol. The first kappa shape index (κ1) is 22.2. The first-order valence-corrected chi connectivity index (χ1v) is 13.0. The van der Waals surface area contributed by atoms with Crippen LogP contribution in [0.5, 0.6) is 0 Å². The molecule has 0 saturated heterocycles. The average Bonchev–Trinajstić information content (AvgIpc) is 3.53. The van der Waals surface area contributed by atoms with Gasteiger partial charge in [0.25, 0.3) is 0 Å². The molecule has 0 unspecified atom stereocenters. The molecule has 2 aliphatic carbocycles. The molecule has 2 heteroatoms. The minimum atomic E-state index is 0.652. The van der Waals surface area contributed by atoms with Crippen LogP contribution in [0, 0.1) is 26.7 Å². The van der Waals surface area contributed by atoms with Crippen LogP contribution in [0.2, 0.25) is 0 Å². The maximum atomic E-state index is 4.86. The van der Waals surface area contributed by atoms with Crippen molar-refractivity contribution in [3.05, 3.63) is 71.0 Å². The van der Waals surface area contributed by atoms with Gasteiger partial charge in [-0.1, -0.05) is 62.8 Å². The molecule has 0 spiro atoms. The largest absolute Gasteiger partial charge is 0.382 e. The fourth-order valence-electron chi connectivity index (χ4n) is 6.08. The number of benzene rings is 2. The van der Waals surface area contributed by atoms with Crippen LogP contribution in [0.25, 0.3) is 22.3 Å². The van der Waals surface area contributed by atoms with Crippen molar-refractivity contribution in [3.8, 4) is 22.3 Å². The summed E-state index contributed by atoms with van der Waals surface area (Å²) in [6, 6.07) is 16.6. The number of aryl methyl sites for hydroxylation is 1. The number of hydrogen-bond acceptors (Lipinski definition) is 2. The van der Waals surface area contributed by atoms with Gasteiger partial charge in [0.2, 0.25) is 0 Å². The molecular formula is C31H38N2. The molecule has 0 amide bonds. The Hall–Kier alpha value is -2.61. The molecule has 2 aliphatic rings. The van der Waals surface area contributed by atoms with Gasteiger partial charge in [-0.15, -0.1) is 0 Å². The van der Waals surface area contributed by atoms with Gasteiger partial charge in [-0.3, -0.25) is 4.98 Å². The van der Waals surface area contributed by atoms with Gasteiger partial charge >= 0.3 is 0 Å². The number of anilines is 1. The minimum Gasteiger partial charge on any atom is -0.382 e. The van der Waals surface area contributed by atoms with Crippen LogP contribution in [-0.4, -0.2) is 11.0 Å². The van der Waals surface area contributed by atoms with Gasteiger partial charge in [0.15, 0.2) is 0 Å². The van der Waals surface area contributed by atoms with Gasteiger partial charge in [0.05, 0.1) is 0 Å². The third kappa shape index (κ3) is 4.86. The molecule has 2 nitrogen and oxygen atoms in total. The van der Waals surface area contributed by atoms with Crippen molar-refractivity contribution >= 4 is 5.69 Å². The summed E-state index contributed by atoms with van der Waals surface area (Å²) in [5.74, 6) is 0.841. The van der Waals surface area contributed by atoms with Gasteiger partial charge in [0.1, 0.15) is 0 Å². The molecule has 0 aliphatic heterocycles. The Kier molecular flexibility index (Phi) is 6.53. The molecule has 0 bridgehead atoms. The highest BCUT2D eigenvalue weighted by atomic mass is 14.9. The van der Waals surface area contributed by atoms with E-state index in [1.54, 1.807) is 0 Å². The Morgan fingerprint density at radius 2 is 1.45 bits per heavy atom. The summed E-state index contributed by atoms with van der Waals surface area (Å²) in [4.78, 5) is 4.86. The molecule has 172 valence electrons. The van der Waals surface area contributed by atoms with E-state index in [1.165, 1.54) is 102 Å². The quantitative estimate of drug-likeness (QED) is 0.418. The summed E-state index contributed by atoms with van der Waals surface area (Å²) < 4.78 is 0. The average molecular weight is 439 g/mol. The summed E-state index contributed by atoms with van der Waals surface area (Å²) >= 11 is 0. The van der Waals surface area contributed by atoms with E-state index in [0.717, 1.165) is 12.3 Å². The van der Waals surface area contributed by atoms with E-state index in [2.05, 4.69) is 74.7 Å². The maximum Gasteiger partial charge on any atom is 0.0406 e. The topological polar surface area (TPSA) is 24.9 Å². The van der Waals surface area contributed by atoms with Crippen LogP contribution in [0.3, 0.4) is 0 Å².